The van der Waals surface area contributed by atoms with E-state index in [2.05, 4.69) is 0 Å². The molecule has 0 spiro atoms. The minimum absolute atomic E-state index is 0.135. The monoisotopic (exact) mass is 282 g/mol. The third-order valence-corrected chi connectivity index (χ3v) is 3.85. The molecule has 3 saturated heterocycles. The molecule has 0 aromatic heterocycles. The van der Waals surface area contributed by atoms with Crippen molar-refractivity contribution in [1.82, 2.24) is 0 Å². The number of hydrogen-bond acceptors (Lipinski definition) is 4. The van der Waals surface area contributed by atoms with Gasteiger partial charge in [-0.3, -0.25) is 4.79 Å². The summed E-state index contributed by atoms with van der Waals surface area (Å²) in [6.07, 6.45) is 0.135. The molecule has 19 heavy (non-hydrogen) atoms. The minimum Gasteiger partial charge on any atom is -0.320 e. The van der Waals surface area contributed by atoms with Gasteiger partial charge in [0, 0.05) is 16.9 Å². The lowest BCUT2D eigenvalue weighted by Crippen LogP contribution is -2.62. The van der Waals surface area contributed by atoms with Gasteiger partial charge in [0.15, 0.2) is 0 Å². The van der Waals surface area contributed by atoms with Crippen LogP contribution in [0.4, 0.5) is 0 Å². The predicted octanol–water partition coefficient (Wildman–Crippen LogP) is 2.19. The summed E-state index contributed by atoms with van der Waals surface area (Å²) in [5.41, 5.74) is 0.602. The maximum absolute atomic E-state index is 12.4. The lowest BCUT2D eigenvalue weighted by molar-refractivity contribution is -0.439. The summed E-state index contributed by atoms with van der Waals surface area (Å²) in [7, 11) is 0. The molecule has 2 bridgehead atoms. The Hall–Kier alpha value is -0.940. The number of rotatable bonds is 3. The first-order valence-corrected chi connectivity index (χ1v) is 6.59. The lowest BCUT2D eigenvalue weighted by atomic mass is 9.91. The zero-order valence-electron chi connectivity index (χ0n) is 10.6. The normalized spacial score (nSPS) is 33.4. The molecule has 0 saturated carbocycles. The van der Waals surface area contributed by atoms with E-state index in [-0.39, 0.29) is 17.6 Å². The van der Waals surface area contributed by atoms with Gasteiger partial charge in [0.05, 0.1) is 19.8 Å². The van der Waals surface area contributed by atoms with Crippen molar-refractivity contribution in [1.29, 1.82) is 0 Å². The van der Waals surface area contributed by atoms with Crippen molar-refractivity contribution >= 4 is 17.4 Å². The number of carbonyl (C=O) groups is 1. The van der Waals surface area contributed by atoms with Crippen LogP contribution in [-0.2, 0) is 25.4 Å². The van der Waals surface area contributed by atoms with Crippen molar-refractivity contribution in [2.24, 2.45) is 5.41 Å². The van der Waals surface area contributed by atoms with Gasteiger partial charge in [-0.25, -0.2) is 0 Å². The molecule has 4 rings (SSSR count). The summed E-state index contributed by atoms with van der Waals surface area (Å²) in [5, 5.41) is 0.559. The van der Waals surface area contributed by atoms with Gasteiger partial charge in [-0.2, -0.15) is 0 Å². The Balaban J connectivity index is 1.76. The van der Waals surface area contributed by atoms with E-state index in [1.54, 1.807) is 6.07 Å². The van der Waals surface area contributed by atoms with Crippen molar-refractivity contribution in [2.75, 3.05) is 19.8 Å². The van der Waals surface area contributed by atoms with Crippen LogP contribution < -0.4 is 0 Å². The molecule has 4 nitrogen and oxygen atoms in total. The van der Waals surface area contributed by atoms with E-state index in [1.807, 2.05) is 25.1 Å². The van der Waals surface area contributed by atoms with Gasteiger partial charge in [-0.15, -0.1) is 0 Å². The van der Waals surface area contributed by atoms with Gasteiger partial charge in [0.2, 0.25) is 5.78 Å². The predicted molar refractivity (Wildman–Crippen MR) is 68.9 cm³/mol. The summed E-state index contributed by atoms with van der Waals surface area (Å²) < 4.78 is 16.5. The summed E-state index contributed by atoms with van der Waals surface area (Å²) >= 11 is 6.05. The highest BCUT2D eigenvalue weighted by Crippen LogP contribution is 2.39. The Morgan fingerprint density at radius 2 is 1.79 bits per heavy atom. The highest BCUT2D eigenvalue weighted by molar-refractivity contribution is 6.31. The molecule has 0 radical (unpaired) electrons. The van der Waals surface area contributed by atoms with Crippen LogP contribution in [-0.4, -0.2) is 31.6 Å². The Labute approximate surface area is 116 Å². The summed E-state index contributed by atoms with van der Waals surface area (Å²) in [6.45, 7) is 3.43. The zero-order valence-corrected chi connectivity index (χ0v) is 11.4. The van der Waals surface area contributed by atoms with E-state index < -0.39 is 5.97 Å². The van der Waals surface area contributed by atoms with Crippen LogP contribution in [0.2, 0.25) is 5.02 Å². The Morgan fingerprint density at radius 3 is 2.37 bits per heavy atom. The quantitative estimate of drug-likeness (QED) is 0.852. The van der Waals surface area contributed by atoms with Crippen LogP contribution >= 0.6 is 11.6 Å². The van der Waals surface area contributed by atoms with Gasteiger partial charge < -0.3 is 14.2 Å². The van der Waals surface area contributed by atoms with Crippen LogP contribution in [0.5, 0.6) is 0 Å². The van der Waals surface area contributed by atoms with Crippen LogP contribution in [0.1, 0.15) is 12.5 Å². The highest BCUT2D eigenvalue weighted by atomic mass is 35.5. The fourth-order valence-corrected chi connectivity index (χ4v) is 2.42. The van der Waals surface area contributed by atoms with E-state index in [0.29, 0.717) is 24.8 Å². The number of carbonyl (C=O) groups excluding carboxylic acids is 1. The van der Waals surface area contributed by atoms with Crippen molar-refractivity contribution in [3.05, 3.63) is 34.9 Å². The second kappa shape index (κ2) is 4.56. The number of benzene rings is 1. The summed E-state index contributed by atoms with van der Waals surface area (Å²) in [6, 6.07) is 7.23. The number of halogens is 1. The molecular formula is C14H15ClO4. The SMILES string of the molecule is CC12COC(C(=O)Cc3ccccc3Cl)(OC1)OC2. The average molecular weight is 283 g/mol. The lowest BCUT2D eigenvalue weighted by Gasteiger charge is -2.49. The van der Waals surface area contributed by atoms with Gasteiger partial charge >= 0.3 is 5.97 Å². The third-order valence-electron chi connectivity index (χ3n) is 3.48. The van der Waals surface area contributed by atoms with Crippen LogP contribution in [0, 0.1) is 5.41 Å². The maximum atomic E-state index is 12.4. The van der Waals surface area contributed by atoms with Gasteiger partial charge in [-0.05, 0) is 11.6 Å². The number of Topliss-reactive ketones (excluding diaryl/α,β-unsaturated/α-hetero) is 1. The number of fused-ring (bicyclic) bond motifs is 3. The second-order valence-corrected chi connectivity index (χ2v) is 5.83. The van der Waals surface area contributed by atoms with Gasteiger partial charge in [-0.1, -0.05) is 36.7 Å². The standard InChI is InChI=1S/C14H15ClO4/c1-13-7-17-14(18-8-13,19-9-13)12(16)6-10-4-2-3-5-11(10)15/h2-5H,6-9H2,1H3. The number of ether oxygens (including phenoxy) is 3. The van der Waals surface area contributed by atoms with E-state index in [4.69, 9.17) is 25.8 Å². The molecule has 0 atom stereocenters. The van der Waals surface area contributed by atoms with Crippen LogP contribution in [0.15, 0.2) is 24.3 Å². The van der Waals surface area contributed by atoms with E-state index in [0.717, 1.165) is 5.56 Å². The zero-order chi connectivity index (χ0) is 13.5. The fraction of sp³-hybridized carbons (Fsp3) is 0.500. The first-order valence-electron chi connectivity index (χ1n) is 6.22. The summed E-state index contributed by atoms with van der Waals surface area (Å²) in [4.78, 5) is 12.4. The van der Waals surface area contributed by atoms with Crippen molar-refractivity contribution in [2.45, 2.75) is 19.3 Å². The topological polar surface area (TPSA) is 44.8 Å². The second-order valence-electron chi connectivity index (χ2n) is 5.42. The van der Waals surface area contributed by atoms with Gasteiger partial charge in [0.1, 0.15) is 0 Å². The number of hydrogen-bond donors (Lipinski definition) is 0. The van der Waals surface area contributed by atoms with E-state index in [1.165, 1.54) is 0 Å². The highest BCUT2D eigenvalue weighted by Gasteiger charge is 2.54. The average Bonchev–Trinajstić information content (AvgIpc) is 2.42. The molecule has 3 heterocycles. The first kappa shape index (κ1) is 13.1. The van der Waals surface area contributed by atoms with Crippen LogP contribution in [0.25, 0.3) is 0 Å². The molecule has 1 aromatic rings. The molecule has 0 amide bonds. The van der Waals surface area contributed by atoms with E-state index >= 15 is 0 Å². The molecule has 3 aliphatic heterocycles. The maximum Gasteiger partial charge on any atom is 0.347 e. The van der Waals surface area contributed by atoms with Crippen molar-refractivity contribution in [3.63, 3.8) is 0 Å². The van der Waals surface area contributed by atoms with Crippen molar-refractivity contribution in [3.8, 4) is 0 Å². The smallest absolute Gasteiger partial charge is 0.320 e. The molecule has 3 aliphatic rings. The largest absolute Gasteiger partial charge is 0.347 e. The molecule has 3 fully saturated rings. The molecular weight excluding hydrogens is 268 g/mol. The minimum atomic E-state index is -1.53. The third kappa shape index (κ3) is 2.30. The molecule has 0 N–H and O–H groups in total. The van der Waals surface area contributed by atoms with Gasteiger partial charge in [0.25, 0.3) is 0 Å². The summed E-state index contributed by atoms with van der Waals surface area (Å²) in [5.74, 6) is -1.78. The van der Waals surface area contributed by atoms with E-state index in [9.17, 15) is 4.79 Å². The number of ketones is 1. The molecule has 1 aromatic carbocycles. The molecule has 0 unspecified atom stereocenters. The van der Waals surface area contributed by atoms with Crippen LogP contribution in [0.3, 0.4) is 0 Å². The Morgan fingerprint density at radius 1 is 1.21 bits per heavy atom. The fourth-order valence-electron chi connectivity index (χ4n) is 2.22. The Kier molecular flexibility index (Phi) is 3.14. The Bertz CT molecular complexity index is 489. The molecule has 5 heteroatoms. The molecule has 0 aliphatic carbocycles. The first-order chi connectivity index (χ1) is 9.03. The molecule has 102 valence electrons. The van der Waals surface area contributed by atoms with Crippen molar-refractivity contribution < 1.29 is 19.0 Å².